The summed E-state index contributed by atoms with van der Waals surface area (Å²) in [4.78, 5) is 3.94. The van der Waals surface area contributed by atoms with Crippen LogP contribution in [0.3, 0.4) is 0 Å². The van der Waals surface area contributed by atoms with Crippen molar-refractivity contribution >= 4 is 11.8 Å². The standard InChI is InChI=1S/C24H27NS/c1-20(2)24(26-23-16-10-5-11-17-23)25(18-21-12-6-3-7-13-21)19-22-14-8-4-9-15-22/h3-17,20,24H,18-19H2,1-2H3. The molecule has 0 aliphatic heterocycles. The van der Waals surface area contributed by atoms with Gasteiger partial charge in [0.2, 0.25) is 0 Å². The Bertz CT molecular complexity index is 714. The minimum Gasteiger partial charge on any atom is -0.282 e. The van der Waals surface area contributed by atoms with E-state index in [1.807, 2.05) is 11.8 Å². The van der Waals surface area contributed by atoms with Crippen LogP contribution in [-0.4, -0.2) is 10.3 Å². The SMILES string of the molecule is CC(C)C(Sc1ccccc1)N(Cc1ccccc1)Cc1ccccc1. The van der Waals surface area contributed by atoms with E-state index in [-0.39, 0.29) is 0 Å². The van der Waals surface area contributed by atoms with Gasteiger partial charge in [0.25, 0.3) is 0 Å². The lowest BCUT2D eigenvalue weighted by Crippen LogP contribution is -2.35. The second-order valence-electron chi connectivity index (χ2n) is 6.94. The summed E-state index contributed by atoms with van der Waals surface area (Å²) in [5.74, 6) is 0.549. The molecule has 0 spiro atoms. The maximum atomic E-state index is 2.60. The number of thioether (sulfide) groups is 1. The third-order valence-electron chi connectivity index (χ3n) is 4.39. The zero-order valence-corrected chi connectivity index (χ0v) is 16.4. The number of benzene rings is 3. The molecule has 0 aliphatic rings. The fourth-order valence-corrected chi connectivity index (χ4v) is 4.31. The molecule has 1 atom stereocenters. The molecule has 0 N–H and O–H groups in total. The van der Waals surface area contributed by atoms with Crippen molar-refractivity contribution in [3.05, 3.63) is 102 Å². The summed E-state index contributed by atoms with van der Waals surface area (Å²) in [7, 11) is 0. The Labute approximate surface area is 162 Å². The molecular formula is C24H27NS. The molecule has 0 saturated carbocycles. The zero-order valence-electron chi connectivity index (χ0n) is 15.6. The van der Waals surface area contributed by atoms with Gasteiger partial charge in [-0.3, -0.25) is 4.90 Å². The first-order valence-electron chi connectivity index (χ1n) is 9.26. The lowest BCUT2D eigenvalue weighted by molar-refractivity contribution is 0.202. The van der Waals surface area contributed by atoms with Crippen LogP contribution in [0, 0.1) is 5.92 Å². The van der Waals surface area contributed by atoms with Crippen LogP contribution in [0.15, 0.2) is 95.9 Å². The van der Waals surface area contributed by atoms with Gasteiger partial charge in [-0.15, -0.1) is 11.8 Å². The van der Waals surface area contributed by atoms with Gasteiger partial charge in [0.1, 0.15) is 0 Å². The van der Waals surface area contributed by atoms with Gasteiger partial charge in [-0.25, -0.2) is 0 Å². The van der Waals surface area contributed by atoms with E-state index in [1.54, 1.807) is 0 Å². The molecule has 0 fully saturated rings. The Morgan fingerprint density at radius 2 is 1.08 bits per heavy atom. The average molecular weight is 362 g/mol. The Morgan fingerprint density at radius 3 is 1.50 bits per heavy atom. The molecule has 3 aromatic rings. The Kier molecular flexibility index (Phi) is 6.93. The minimum atomic E-state index is 0.415. The summed E-state index contributed by atoms with van der Waals surface area (Å²) in [6.07, 6.45) is 0. The first-order chi connectivity index (χ1) is 12.7. The van der Waals surface area contributed by atoms with E-state index in [1.165, 1.54) is 16.0 Å². The van der Waals surface area contributed by atoms with Gasteiger partial charge in [0.15, 0.2) is 0 Å². The molecule has 1 nitrogen and oxygen atoms in total. The molecule has 0 heterocycles. The first-order valence-corrected chi connectivity index (χ1v) is 10.1. The lowest BCUT2D eigenvalue weighted by Gasteiger charge is -2.34. The highest BCUT2D eigenvalue weighted by molar-refractivity contribution is 7.99. The number of hydrogen-bond donors (Lipinski definition) is 0. The van der Waals surface area contributed by atoms with Crippen molar-refractivity contribution < 1.29 is 0 Å². The molecule has 0 aliphatic carbocycles. The summed E-state index contributed by atoms with van der Waals surface area (Å²) >= 11 is 1.97. The van der Waals surface area contributed by atoms with Gasteiger partial charge in [-0.1, -0.05) is 92.7 Å². The molecule has 26 heavy (non-hydrogen) atoms. The molecule has 2 heteroatoms. The first kappa shape index (κ1) is 18.8. The van der Waals surface area contributed by atoms with E-state index in [0.29, 0.717) is 11.3 Å². The maximum absolute atomic E-state index is 2.60. The van der Waals surface area contributed by atoms with Crippen molar-refractivity contribution in [2.75, 3.05) is 0 Å². The Hall–Kier alpha value is -2.03. The predicted molar refractivity (Wildman–Crippen MR) is 113 cm³/mol. The Balaban J connectivity index is 1.85. The Morgan fingerprint density at radius 1 is 0.654 bits per heavy atom. The molecule has 0 bridgehead atoms. The van der Waals surface area contributed by atoms with Crippen molar-refractivity contribution in [2.45, 2.75) is 37.2 Å². The maximum Gasteiger partial charge on any atom is 0.0633 e. The second-order valence-corrected chi connectivity index (χ2v) is 8.13. The second kappa shape index (κ2) is 9.61. The van der Waals surface area contributed by atoms with Gasteiger partial charge in [0.05, 0.1) is 5.37 Å². The predicted octanol–water partition coefficient (Wildman–Crippen LogP) is 6.46. The van der Waals surface area contributed by atoms with E-state index in [0.717, 1.165) is 13.1 Å². The molecule has 134 valence electrons. The van der Waals surface area contributed by atoms with Crippen LogP contribution in [0.1, 0.15) is 25.0 Å². The van der Waals surface area contributed by atoms with Crippen molar-refractivity contribution in [3.8, 4) is 0 Å². The molecular weight excluding hydrogens is 334 g/mol. The third-order valence-corrected chi connectivity index (χ3v) is 6.02. The molecule has 0 amide bonds. The molecule has 0 radical (unpaired) electrons. The number of nitrogens with zero attached hydrogens (tertiary/aromatic N) is 1. The van der Waals surface area contributed by atoms with Crippen LogP contribution >= 0.6 is 11.8 Å². The van der Waals surface area contributed by atoms with Gasteiger partial charge in [0, 0.05) is 18.0 Å². The summed E-state index contributed by atoms with van der Waals surface area (Å²) in [6, 6.07) is 32.3. The smallest absolute Gasteiger partial charge is 0.0633 e. The van der Waals surface area contributed by atoms with E-state index in [9.17, 15) is 0 Å². The molecule has 0 aromatic heterocycles. The normalized spacial score (nSPS) is 12.5. The average Bonchev–Trinajstić information content (AvgIpc) is 2.68. The van der Waals surface area contributed by atoms with E-state index < -0.39 is 0 Å². The molecule has 3 rings (SSSR count). The van der Waals surface area contributed by atoms with E-state index >= 15 is 0 Å². The highest BCUT2D eigenvalue weighted by atomic mass is 32.2. The van der Waals surface area contributed by atoms with Crippen molar-refractivity contribution in [1.29, 1.82) is 0 Å². The highest BCUT2D eigenvalue weighted by Gasteiger charge is 2.23. The minimum absolute atomic E-state index is 0.415. The summed E-state index contributed by atoms with van der Waals surface area (Å²) in [6.45, 7) is 6.56. The van der Waals surface area contributed by atoms with Crippen LogP contribution in [-0.2, 0) is 13.1 Å². The van der Waals surface area contributed by atoms with Gasteiger partial charge in [-0.05, 0) is 29.2 Å². The quantitative estimate of drug-likeness (QED) is 0.334. The largest absolute Gasteiger partial charge is 0.282 e. The van der Waals surface area contributed by atoms with Crippen LogP contribution in [0.2, 0.25) is 0 Å². The third kappa shape index (κ3) is 5.48. The zero-order chi connectivity index (χ0) is 18.2. The van der Waals surface area contributed by atoms with Crippen LogP contribution in [0.25, 0.3) is 0 Å². The monoisotopic (exact) mass is 361 g/mol. The van der Waals surface area contributed by atoms with Gasteiger partial charge >= 0.3 is 0 Å². The van der Waals surface area contributed by atoms with E-state index in [4.69, 9.17) is 0 Å². The molecule has 1 unspecified atom stereocenters. The number of hydrogen-bond acceptors (Lipinski definition) is 2. The summed E-state index contributed by atoms with van der Waals surface area (Å²) < 4.78 is 0. The lowest BCUT2D eigenvalue weighted by atomic mass is 10.1. The van der Waals surface area contributed by atoms with Crippen molar-refractivity contribution in [3.63, 3.8) is 0 Å². The van der Waals surface area contributed by atoms with Crippen LogP contribution < -0.4 is 0 Å². The van der Waals surface area contributed by atoms with Crippen molar-refractivity contribution in [2.24, 2.45) is 5.92 Å². The summed E-state index contributed by atoms with van der Waals surface area (Å²) in [5.41, 5.74) is 2.73. The van der Waals surface area contributed by atoms with E-state index in [2.05, 4.69) is 110 Å². The topological polar surface area (TPSA) is 3.24 Å². The highest BCUT2D eigenvalue weighted by Crippen LogP contribution is 2.32. The van der Waals surface area contributed by atoms with Crippen LogP contribution in [0.4, 0.5) is 0 Å². The number of rotatable bonds is 8. The molecule has 0 saturated heterocycles. The fourth-order valence-electron chi connectivity index (χ4n) is 3.14. The van der Waals surface area contributed by atoms with Crippen molar-refractivity contribution in [1.82, 2.24) is 4.90 Å². The van der Waals surface area contributed by atoms with Gasteiger partial charge < -0.3 is 0 Å². The fraction of sp³-hybridized carbons (Fsp3) is 0.250. The summed E-state index contributed by atoms with van der Waals surface area (Å²) in [5, 5.41) is 0.415. The van der Waals surface area contributed by atoms with Gasteiger partial charge in [-0.2, -0.15) is 0 Å². The van der Waals surface area contributed by atoms with Crippen LogP contribution in [0.5, 0.6) is 0 Å². The molecule has 3 aromatic carbocycles.